The van der Waals surface area contributed by atoms with Crippen molar-refractivity contribution in [3.63, 3.8) is 0 Å². The minimum Gasteiger partial charge on any atom is -0.0648 e. The van der Waals surface area contributed by atoms with Gasteiger partial charge in [0.15, 0.2) is 11.8 Å². The molecule has 2 atom stereocenters. The van der Waals surface area contributed by atoms with E-state index in [1.165, 1.54) is 6.42 Å². The molecule has 66 valence electrons. The van der Waals surface area contributed by atoms with Crippen LogP contribution in [0, 0.1) is 5.41 Å². The molecule has 0 radical (unpaired) electrons. The maximum atomic E-state index is 5.06. The summed E-state index contributed by atoms with van der Waals surface area (Å²) in [6.07, 6.45) is 1.20. The van der Waals surface area contributed by atoms with Crippen molar-refractivity contribution in [2.45, 2.75) is 39.4 Å². The Labute approximate surface area is 85.2 Å². The lowest BCUT2D eigenvalue weighted by molar-refractivity contribution is 0.351. The van der Waals surface area contributed by atoms with Gasteiger partial charge in [0, 0.05) is 0 Å². The van der Waals surface area contributed by atoms with E-state index in [9.17, 15) is 0 Å². The molecule has 0 aliphatic heterocycles. The summed E-state index contributed by atoms with van der Waals surface area (Å²) in [5, 5.41) is 0.104. The van der Waals surface area contributed by atoms with Gasteiger partial charge in [-0.1, -0.05) is 20.8 Å². The van der Waals surface area contributed by atoms with Crippen LogP contribution in [-0.2, 0) is 11.8 Å². The molecule has 2 unspecified atom stereocenters. The Morgan fingerprint density at radius 3 is 2.36 bits per heavy atom. The van der Waals surface area contributed by atoms with Crippen LogP contribution in [0.3, 0.4) is 0 Å². The number of hydrogen-bond donors (Lipinski definition) is 1. The Kier molecular flexibility index (Phi) is 5.62. The van der Waals surface area contributed by atoms with Crippen molar-refractivity contribution in [1.29, 1.82) is 0 Å². The summed E-state index contributed by atoms with van der Waals surface area (Å²) in [7, 11) is 0. The molecule has 0 aromatic carbocycles. The largest absolute Gasteiger partial charge is 0.314 e. The van der Waals surface area contributed by atoms with Crippen LogP contribution in [0.2, 0.25) is 0 Å². The zero-order valence-corrected chi connectivity index (χ0v) is 10.9. The lowest BCUT2D eigenvalue weighted by Gasteiger charge is -2.26. The Balaban J connectivity index is 4.01. The van der Waals surface area contributed by atoms with Gasteiger partial charge in [0.2, 0.25) is 0 Å². The fourth-order valence-corrected chi connectivity index (χ4v) is 5.39. The van der Waals surface area contributed by atoms with Gasteiger partial charge in [-0.3, -0.25) is 0 Å². The SMILES string of the molecule is CCC(C)(C)C(C)S[P+](=S)S. The van der Waals surface area contributed by atoms with E-state index in [0.29, 0.717) is 10.7 Å². The Morgan fingerprint density at radius 1 is 1.64 bits per heavy atom. The van der Waals surface area contributed by atoms with Crippen molar-refractivity contribution >= 4 is 40.5 Å². The molecule has 0 nitrogen and oxygen atoms in total. The summed E-state index contributed by atoms with van der Waals surface area (Å²) in [6.45, 7) is 9.03. The second-order valence-corrected chi connectivity index (χ2v) is 11.1. The van der Waals surface area contributed by atoms with Gasteiger partial charge in [0.05, 0.1) is 17.5 Å². The molecule has 0 rings (SSSR count). The number of thiol groups is 1. The van der Waals surface area contributed by atoms with Crippen LogP contribution in [0.15, 0.2) is 0 Å². The van der Waals surface area contributed by atoms with Gasteiger partial charge in [-0.2, -0.15) is 0 Å². The zero-order chi connectivity index (χ0) is 9.07. The molecule has 11 heavy (non-hydrogen) atoms. The van der Waals surface area contributed by atoms with Gasteiger partial charge in [-0.15, -0.1) is 0 Å². The minimum absolute atomic E-state index is 0.396. The van der Waals surface area contributed by atoms with Gasteiger partial charge in [-0.25, -0.2) is 0 Å². The van der Waals surface area contributed by atoms with Crippen molar-refractivity contribution in [2.24, 2.45) is 5.41 Å². The molecule has 0 bridgehead atoms. The van der Waals surface area contributed by atoms with Gasteiger partial charge in [0.25, 0.3) is 0 Å². The third-order valence-electron chi connectivity index (χ3n) is 2.26. The molecule has 0 saturated heterocycles. The summed E-state index contributed by atoms with van der Waals surface area (Å²) in [4.78, 5) is 0. The molecule has 0 heterocycles. The summed E-state index contributed by atoms with van der Waals surface area (Å²) in [6, 6.07) is 0. The average molecular weight is 227 g/mol. The van der Waals surface area contributed by atoms with Crippen LogP contribution < -0.4 is 0 Å². The highest BCUT2D eigenvalue weighted by Gasteiger charge is 2.29. The van der Waals surface area contributed by atoms with E-state index >= 15 is 0 Å². The highest BCUT2D eigenvalue weighted by molar-refractivity contribution is 8.90. The van der Waals surface area contributed by atoms with Crippen LogP contribution in [0.25, 0.3) is 0 Å². The summed E-state index contributed by atoms with van der Waals surface area (Å²) in [5.74, 6) is 0. The number of hydrogen-bond acceptors (Lipinski definition) is 2. The predicted molar refractivity (Wildman–Crippen MR) is 64.4 cm³/mol. The second kappa shape index (κ2) is 5.06. The van der Waals surface area contributed by atoms with E-state index in [1.807, 2.05) is 11.4 Å². The first-order valence-corrected chi connectivity index (χ1v) is 8.72. The van der Waals surface area contributed by atoms with E-state index < -0.39 is 5.10 Å². The summed E-state index contributed by atoms with van der Waals surface area (Å²) in [5.41, 5.74) is 0.396. The van der Waals surface area contributed by atoms with Gasteiger partial charge < -0.3 is 0 Å². The summed E-state index contributed by atoms with van der Waals surface area (Å²) >= 11 is 11.1. The van der Waals surface area contributed by atoms with E-state index in [0.717, 1.165) is 0 Å². The van der Waals surface area contributed by atoms with Crippen LogP contribution >= 0.6 is 28.7 Å². The summed E-state index contributed by atoms with van der Waals surface area (Å²) < 4.78 is 0. The average Bonchev–Trinajstić information content (AvgIpc) is 1.86. The molecule has 4 heteroatoms. The predicted octanol–water partition coefficient (Wildman–Crippen LogP) is 4.25. The molecule has 0 aromatic heterocycles. The monoisotopic (exact) mass is 227 g/mol. The fourth-order valence-electron chi connectivity index (χ4n) is 0.565. The molecule has 0 aliphatic rings. The van der Waals surface area contributed by atoms with E-state index in [4.69, 9.17) is 11.8 Å². The third kappa shape index (κ3) is 4.72. The molecule has 0 fully saturated rings. The number of rotatable bonds is 4. The Morgan fingerprint density at radius 2 is 2.09 bits per heavy atom. The lowest BCUT2D eigenvalue weighted by atomic mass is 9.87. The molecule has 0 spiro atoms. The van der Waals surface area contributed by atoms with Gasteiger partial charge in [-0.05, 0) is 18.8 Å². The highest BCUT2D eigenvalue weighted by Crippen LogP contribution is 2.50. The maximum absolute atomic E-state index is 5.06. The molecule has 0 saturated carbocycles. The normalized spacial score (nSPS) is 16.3. The van der Waals surface area contributed by atoms with E-state index in [-0.39, 0.29) is 0 Å². The smallest absolute Gasteiger partial charge is 0.0648 e. The van der Waals surface area contributed by atoms with Crippen molar-refractivity contribution in [3.05, 3.63) is 0 Å². The van der Waals surface area contributed by atoms with Crippen molar-refractivity contribution in [3.8, 4) is 0 Å². The molecule has 0 aromatic rings. The van der Waals surface area contributed by atoms with Crippen molar-refractivity contribution in [2.75, 3.05) is 0 Å². The van der Waals surface area contributed by atoms with Crippen LogP contribution in [0.5, 0.6) is 0 Å². The Bertz CT molecular complexity index is 145. The second-order valence-electron chi connectivity index (χ2n) is 3.33. The lowest BCUT2D eigenvalue weighted by Crippen LogP contribution is -2.21. The van der Waals surface area contributed by atoms with Crippen LogP contribution in [0.1, 0.15) is 34.1 Å². The van der Waals surface area contributed by atoms with Crippen molar-refractivity contribution in [1.82, 2.24) is 0 Å². The van der Waals surface area contributed by atoms with E-state index in [1.54, 1.807) is 0 Å². The molecular weight excluding hydrogens is 211 g/mol. The molecule has 0 amide bonds. The fraction of sp³-hybridized carbons (Fsp3) is 1.00. The zero-order valence-electron chi connectivity index (χ0n) is 7.50. The Hall–Kier alpha value is 1.22. The molecule has 0 N–H and O–H groups in total. The topological polar surface area (TPSA) is 0 Å². The third-order valence-corrected chi connectivity index (χ3v) is 6.51. The molecular formula is C7H16PS3+. The van der Waals surface area contributed by atoms with Crippen molar-refractivity contribution < 1.29 is 0 Å². The quantitative estimate of drug-likeness (QED) is 0.563. The van der Waals surface area contributed by atoms with Crippen LogP contribution in [0.4, 0.5) is 0 Å². The minimum atomic E-state index is -0.515. The van der Waals surface area contributed by atoms with E-state index in [2.05, 4.69) is 39.9 Å². The maximum Gasteiger partial charge on any atom is 0.314 e. The van der Waals surface area contributed by atoms with Gasteiger partial charge in [0.1, 0.15) is 11.4 Å². The standard InChI is InChI=1S/C7H15PS3/c1-5-7(3,4)6(2)11-8(9)10/h6H,5H2,1-4H3/p+1. The van der Waals surface area contributed by atoms with Crippen LogP contribution in [-0.4, -0.2) is 5.25 Å². The van der Waals surface area contributed by atoms with Gasteiger partial charge >= 0.3 is 5.10 Å². The highest BCUT2D eigenvalue weighted by atomic mass is 33.2. The molecule has 0 aliphatic carbocycles. The first-order valence-electron chi connectivity index (χ1n) is 3.73. The first-order chi connectivity index (χ1) is 4.90. The first kappa shape index (κ1) is 12.2.